The van der Waals surface area contributed by atoms with E-state index in [9.17, 15) is 0 Å². The van der Waals surface area contributed by atoms with Crippen molar-refractivity contribution in [2.45, 2.75) is 32.5 Å². The van der Waals surface area contributed by atoms with Crippen molar-refractivity contribution in [1.29, 1.82) is 0 Å². The van der Waals surface area contributed by atoms with Gasteiger partial charge in [-0.25, -0.2) is 0 Å². The van der Waals surface area contributed by atoms with Gasteiger partial charge < -0.3 is 37.2 Å². The Morgan fingerprint density at radius 3 is 2.25 bits per heavy atom. The number of halogens is 3. The molecular formula is C15H19Cl3SiTi. The minimum absolute atomic E-state index is 0. The molecule has 0 saturated carbocycles. The van der Waals surface area contributed by atoms with E-state index in [1.54, 1.807) is 10.8 Å². The van der Waals surface area contributed by atoms with Crippen molar-refractivity contribution in [3.63, 3.8) is 0 Å². The summed E-state index contributed by atoms with van der Waals surface area (Å²) in [5.74, 6) is 0. The zero-order valence-corrected chi connectivity index (χ0v) is 16.8. The van der Waals surface area contributed by atoms with Crippen LogP contribution in [0.2, 0.25) is 19.6 Å². The molecule has 5 heteroatoms. The molecule has 0 heterocycles. The van der Waals surface area contributed by atoms with Crippen LogP contribution in [0.3, 0.4) is 0 Å². The molecule has 0 fully saturated rings. The summed E-state index contributed by atoms with van der Waals surface area (Å²) in [5.41, 5.74) is 3.06. The average molecular weight is 382 g/mol. The van der Waals surface area contributed by atoms with Crippen LogP contribution >= 0.6 is 0 Å². The van der Waals surface area contributed by atoms with Crippen LogP contribution in [0.1, 0.15) is 12.0 Å². The first-order valence-corrected chi connectivity index (χ1v) is 10.4. The van der Waals surface area contributed by atoms with Gasteiger partial charge >= 0.3 is 118 Å². The van der Waals surface area contributed by atoms with Crippen LogP contribution in [-0.4, -0.2) is 8.07 Å². The van der Waals surface area contributed by atoms with E-state index in [-0.39, 0.29) is 37.2 Å². The monoisotopic (exact) mass is 380 g/mol. The van der Waals surface area contributed by atoms with Crippen LogP contribution in [0.15, 0.2) is 45.9 Å². The molecule has 0 bridgehead atoms. The molecular weight excluding hydrogens is 362 g/mol. The fraction of sp³-hybridized carbons (Fsp3) is 0.333. The normalized spacial score (nSPS) is 13.4. The van der Waals surface area contributed by atoms with Gasteiger partial charge in [0, 0.05) is 0 Å². The van der Waals surface area contributed by atoms with Gasteiger partial charge in [-0.2, -0.15) is 0 Å². The average Bonchev–Trinajstić information content (AvgIpc) is 2.64. The molecule has 1 aliphatic carbocycles. The summed E-state index contributed by atoms with van der Waals surface area (Å²) in [5, 5.41) is 1.57. The van der Waals surface area contributed by atoms with E-state index < -0.39 is 8.07 Å². The van der Waals surface area contributed by atoms with Crippen molar-refractivity contribution < 1.29 is 57.7 Å². The summed E-state index contributed by atoms with van der Waals surface area (Å²) in [6, 6.07) is 9.21. The quantitative estimate of drug-likeness (QED) is 0.459. The second-order valence-corrected chi connectivity index (χ2v) is 11.7. The molecule has 0 saturated heterocycles. The van der Waals surface area contributed by atoms with Crippen LogP contribution in [-0.2, 0) is 26.9 Å². The minimum Gasteiger partial charge on any atom is -1.00 e. The zero-order valence-electron chi connectivity index (χ0n) is 12.0. The van der Waals surface area contributed by atoms with E-state index >= 15 is 0 Å². The van der Waals surface area contributed by atoms with Crippen LogP contribution < -0.4 is 42.4 Å². The Kier molecular flexibility index (Phi) is 10.8. The third kappa shape index (κ3) is 6.09. The number of hydrogen-bond acceptors (Lipinski definition) is 0. The Morgan fingerprint density at radius 1 is 1.10 bits per heavy atom. The van der Waals surface area contributed by atoms with E-state index in [0.29, 0.717) is 0 Å². The molecule has 0 unspecified atom stereocenters. The van der Waals surface area contributed by atoms with Gasteiger partial charge in [0.05, 0.1) is 0 Å². The third-order valence-electron chi connectivity index (χ3n) is 3.24. The topological polar surface area (TPSA) is 0 Å². The molecule has 0 aliphatic heterocycles. The van der Waals surface area contributed by atoms with E-state index in [1.807, 2.05) is 0 Å². The van der Waals surface area contributed by atoms with Crippen molar-refractivity contribution in [2.75, 3.05) is 0 Å². The molecule has 108 valence electrons. The SMILES string of the molecule is C[Si](C)(C)c1cccc(CC2=[C]([Ti+3])C=CC2)c1.[Cl-].[Cl-].[Cl-]. The molecule has 20 heavy (non-hydrogen) atoms. The van der Waals surface area contributed by atoms with E-state index in [0.717, 1.165) is 12.8 Å². The van der Waals surface area contributed by atoms with E-state index in [4.69, 9.17) is 0 Å². The van der Waals surface area contributed by atoms with Gasteiger partial charge in [0.1, 0.15) is 0 Å². The summed E-state index contributed by atoms with van der Waals surface area (Å²) in [6.45, 7) is 7.23. The van der Waals surface area contributed by atoms with Gasteiger partial charge in [0.25, 0.3) is 0 Å². The Bertz CT molecular complexity index is 490. The Labute approximate surface area is 154 Å². The number of allylic oxidation sites excluding steroid dienone is 4. The summed E-state index contributed by atoms with van der Waals surface area (Å²) in [7, 11) is -1.17. The summed E-state index contributed by atoms with van der Waals surface area (Å²) < 4.78 is 1.46. The molecule has 1 aliphatic rings. The van der Waals surface area contributed by atoms with Gasteiger partial charge in [-0.05, 0) is 0 Å². The summed E-state index contributed by atoms with van der Waals surface area (Å²) in [6.07, 6.45) is 6.78. The Morgan fingerprint density at radius 2 is 1.75 bits per heavy atom. The van der Waals surface area contributed by atoms with Crippen molar-refractivity contribution in [2.24, 2.45) is 0 Å². The second kappa shape index (κ2) is 9.50. The van der Waals surface area contributed by atoms with Crippen molar-refractivity contribution in [3.05, 3.63) is 51.4 Å². The summed E-state index contributed by atoms with van der Waals surface area (Å²) >= 11 is 2.22. The van der Waals surface area contributed by atoms with Gasteiger partial charge in [-0.15, -0.1) is 0 Å². The molecule has 0 amide bonds. The van der Waals surface area contributed by atoms with Crippen LogP contribution in [0, 0.1) is 0 Å². The second-order valence-electron chi connectivity index (χ2n) is 5.75. The largest absolute Gasteiger partial charge is 1.00 e. The first kappa shape index (κ1) is 22.8. The first-order chi connectivity index (χ1) is 7.97. The molecule has 0 N–H and O–H groups in total. The number of hydrogen-bond donors (Lipinski definition) is 0. The van der Waals surface area contributed by atoms with Gasteiger partial charge in [0.15, 0.2) is 0 Å². The number of rotatable bonds is 3. The van der Waals surface area contributed by atoms with Crippen molar-refractivity contribution in [3.8, 4) is 0 Å². The molecule has 0 radical (unpaired) electrons. The maximum Gasteiger partial charge on any atom is -1.00 e. The first-order valence-electron chi connectivity index (χ1n) is 6.16. The zero-order chi connectivity index (χ0) is 12.5. The Hall–Kier alpha value is 0.501. The smallest absolute Gasteiger partial charge is 1.00 e. The predicted molar refractivity (Wildman–Crippen MR) is 73.9 cm³/mol. The molecule has 0 nitrogen and oxygen atoms in total. The third-order valence-corrected chi connectivity index (χ3v) is 6.10. The molecule has 2 rings (SSSR count). The van der Waals surface area contributed by atoms with Gasteiger partial charge in [-0.1, -0.05) is 0 Å². The van der Waals surface area contributed by atoms with Crippen LogP contribution in [0.5, 0.6) is 0 Å². The predicted octanol–water partition coefficient (Wildman–Crippen LogP) is -5.45. The molecule has 0 aromatic heterocycles. The van der Waals surface area contributed by atoms with E-state index in [2.05, 4.69) is 76.5 Å². The van der Waals surface area contributed by atoms with Gasteiger partial charge in [0.2, 0.25) is 0 Å². The fourth-order valence-electron chi connectivity index (χ4n) is 2.11. The van der Waals surface area contributed by atoms with Crippen LogP contribution in [0.25, 0.3) is 0 Å². The maximum atomic E-state index is 2.42. The molecule has 0 spiro atoms. The fourth-order valence-corrected chi connectivity index (χ4v) is 3.80. The summed E-state index contributed by atoms with van der Waals surface area (Å²) in [4.78, 5) is 0. The number of benzene rings is 1. The maximum absolute atomic E-state index is 2.42. The van der Waals surface area contributed by atoms with E-state index in [1.165, 1.54) is 9.44 Å². The molecule has 1 aromatic rings. The van der Waals surface area contributed by atoms with Crippen molar-refractivity contribution >= 4 is 13.3 Å². The molecule has 0 atom stereocenters. The Balaban J connectivity index is 0. The molecule has 1 aromatic carbocycles. The van der Waals surface area contributed by atoms with Gasteiger partial charge in [-0.3, -0.25) is 0 Å². The minimum atomic E-state index is -1.17. The van der Waals surface area contributed by atoms with Crippen LogP contribution in [0.4, 0.5) is 0 Å². The van der Waals surface area contributed by atoms with Crippen molar-refractivity contribution in [1.82, 2.24) is 0 Å². The standard InChI is InChI=1S/C15H19Si.3ClH.Ti/c1-16(2,3)15-10-6-9-14(12-15)11-13-7-4-5-8-13;;;;/h4-6,9-10,12H,7,11H2,1-3H3;3*1H;/q;;;;+3/p-3.